The van der Waals surface area contributed by atoms with Gasteiger partial charge in [-0.15, -0.1) is 0 Å². The van der Waals surface area contributed by atoms with Crippen molar-refractivity contribution in [3.8, 4) is 0 Å². The van der Waals surface area contributed by atoms with Gasteiger partial charge in [0, 0.05) is 13.5 Å². The molecule has 0 bridgehead atoms. The summed E-state index contributed by atoms with van der Waals surface area (Å²) in [4.78, 5) is 12.3. The largest absolute Gasteiger partial charge is 0.461 e. The van der Waals surface area contributed by atoms with Crippen molar-refractivity contribution in [2.75, 3.05) is 13.7 Å². The maximum Gasteiger partial charge on any atom is 0.323 e. The molecule has 4 nitrogen and oxygen atoms in total. The number of rotatable bonds is 3. The normalized spacial score (nSPS) is 42.1. The van der Waals surface area contributed by atoms with Crippen LogP contribution in [0.2, 0.25) is 0 Å². The van der Waals surface area contributed by atoms with E-state index in [1.165, 1.54) is 19.3 Å². The van der Waals surface area contributed by atoms with Crippen LogP contribution in [0.5, 0.6) is 0 Å². The van der Waals surface area contributed by atoms with Gasteiger partial charge in [-0.1, -0.05) is 6.42 Å². The standard InChI is InChI=1S/C15H25NO3/c1-18-11-5-3-6-12(8-11)19-15(17)14-13-7-2-4-10(13)9-16-14/h10-14,16H,2-9H2,1H3. The molecule has 5 atom stereocenters. The number of methoxy groups -OCH3 is 1. The van der Waals surface area contributed by atoms with Crippen LogP contribution >= 0.6 is 0 Å². The van der Waals surface area contributed by atoms with Crippen molar-refractivity contribution in [1.29, 1.82) is 0 Å². The van der Waals surface area contributed by atoms with Crippen LogP contribution in [0.3, 0.4) is 0 Å². The van der Waals surface area contributed by atoms with E-state index in [1.807, 2.05) is 0 Å². The van der Waals surface area contributed by atoms with E-state index in [1.54, 1.807) is 7.11 Å². The Balaban J connectivity index is 1.53. The molecule has 0 radical (unpaired) electrons. The Morgan fingerprint density at radius 1 is 1.11 bits per heavy atom. The summed E-state index contributed by atoms with van der Waals surface area (Å²) in [5.41, 5.74) is 0. The van der Waals surface area contributed by atoms with E-state index in [9.17, 15) is 4.79 Å². The van der Waals surface area contributed by atoms with E-state index in [0.29, 0.717) is 11.8 Å². The second kappa shape index (κ2) is 5.80. The quantitative estimate of drug-likeness (QED) is 0.793. The van der Waals surface area contributed by atoms with Gasteiger partial charge in [0.25, 0.3) is 0 Å². The first-order valence-electron chi connectivity index (χ1n) is 7.74. The van der Waals surface area contributed by atoms with E-state index in [0.717, 1.165) is 32.2 Å². The Bertz CT molecular complexity index is 333. The summed E-state index contributed by atoms with van der Waals surface area (Å²) in [6.45, 7) is 0.996. The molecule has 0 aromatic rings. The molecule has 3 fully saturated rings. The van der Waals surface area contributed by atoms with Crippen LogP contribution in [0.4, 0.5) is 0 Å². The third-order valence-electron chi connectivity index (χ3n) is 5.19. The van der Waals surface area contributed by atoms with Crippen LogP contribution in [0.15, 0.2) is 0 Å². The van der Waals surface area contributed by atoms with Gasteiger partial charge in [0.15, 0.2) is 0 Å². The average Bonchev–Trinajstić information content (AvgIpc) is 3.01. The van der Waals surface area contributed by atoms with E-state index in [-0.39, 0.29) is 24.2 Å². The zero-order valence-electron chi connectivity index (χ0n) is 11.8. The molecule has 1 heterocycles. The van der Waals surface area contributed by atoms with Crippen LogP contribution in [-0.4, -0.2) is 37.9 Å². The summed E-state index contributed by atoms with van der Waals surface area (Å²) >= 11 is 0. The number of carbonyl (C=O) groups is 1. The number of ether oxygens (including phenoxy) is 2. The molecule has 0 aromatic carbocycles. The van der Waals surface area contributed by atoms with Gasteiger partial charge in [-0.25, -0.2) is 0 Å². The van der Waals surface area contributed by atoms with Crippen molar-refractivity contribution < 1.29 is 14.3 Å². The SMILES string of the molecule is COC1CCCC(OC(=O)C2NCC3CCCC32)C1. The van der Waals surface area contributed by atoms with Crippen molar-refractivity contribution in [1.82, 2.24) is 5.32 Å². The summed E-state index contributed by atoms with van der Waals surface area (Å²) < 4.78 is 11.1. The molecule has 2 saturated carbocycles. The minimum atomic E-state index is -0.0459. The molecule has 1 N–H and O–H groups in total. The molecule has 3 rings (SSSR count). The van der Waals surface area contributed by atoms with Gasteiger partial charge in [-0.3, -0.25) is 4.79 Å². The first kappa shape index (κ1) is 13.4. The summed E-state index contributed by atoms with van der Waals surface area (Å²) in [5, 5.41) is 3.37. The molecule has 0 amide bonds. The Kier molecular flexibility index (Phi) is 4.08. The van der Waals surface area contributed by atoms with Crippen LogP contribution in [0.1, 0.15) is 44.9 Å². The first-order valence-corrected chi connectivity index (χ1v) is 7.74. The van der Waals surface area contributed by atoms with Gasteiger partial charge >= 0.3 is 5.97 Å². The van der Waals surface area contributed by atoms with Crippen LogP contribution in [0.25, 0.3) is 0 Å². The van der Waals surface area contributed by atoms with Gasteiger partial charge in [0.05, 0.1) is 6.10 Å². The number of nitrogens with one attached hydrogen (secondary N) is 1. The van der Waals surface area contributed by atoms with E-state index < -0.39 is 0 Å². The Labute approximate surface area is 115 Å². The summed E-state index contributed by atoms with van der Waals surface area (Å²) in [5.74, 6) is 1.21. The van der Waals surface area contributed by atoms with Crippen molar-refractivity contribution in [2.45, 2.75) is 63.2 Å². The highest BCUT2D eigenvalue weighted by atomic mass is 16.5. The van der Waals surface area contributed by atoms with E-state index in [2.05, 4.69) is 5.32 Å². The molecule has 3 aliphatic rings. The Morgan fingerprint density at radius 3 is 2.74 bits per heavy atom. The monoisotopic (exact) mass is 267 g/mol. The predicted molar refractivity (Wildman–Crippen MR) is 71.8 cm³/mol. The Hall–Kier alpha value is -0.610. The zero-order chi connectivity index (χ0) is 13.2. The molecule has 0 spiro atoms. The lowest BCUT2D eigenvalue weighted by Crippen LogP contribution is -2.40. The molecule has 19 heavy (non-hydrogen) atoms. The fourth-order valence-electron chi connectivity index (χ4n) is 4.11. The van der Waals surface area contributed by atoms with Gasteiger partial charge in [-0.2, -0.15) is 0 Å². The molecule has 108 valence electrons. The maximum absolute atomic E-state index is 12.3. The van der Waals surface area contributed by atoms with Gasteiger partial charge in [0.2, 0.25) is 0 Å². The van der Waals surface area contributed by atoms with Crippen LogP contribution in [0, 0.1) is 11.8 Å². The molecule has 0 aromatic heterocycles. The van der Waals surface area contributed by atoms with Crippen LogP contribution in [-0.2, 0) is 14.3 Å². The number of hydrogen-bond donors (Lipinski definition) is 1. The maximum atomic E-state index is 12.3. The van der Waals surface area contributed by atoms with Crippen molar-refractivity contribution in [3.05, 3.63) is 0 Å². The third-order valence-corrected chi connectivity index (χ3v) is 5.19. The number of fused-ring (bicyclic) bond motifs is 1. The molecule has 4 heteroatoms. The van der Waals surface area contributed by atoms with E-state index in [4.69, 9.17) is 9.47 Å². The topological polar surface area (TPSA) is 47.6 Å². The minimum absolute atomic E-state index is 0.0175. The number of carbonyl (C=O) groups excluding carboxylic acids is 1. The lowest BCUT2D eigenvalue weighted by molar-refractivity contribution is -0.156. The number of hydrogen-bond acceptors (Lipinski definition) is 4. The van der Waals surface area contributed by atoms with Gasteiger partial charge < -0.3 is 14.8 Å². The fourth-order valence-corrected chi connectivity index (χ4v) is 4.11. The summed E-state index contributed by atoms with van der Waals surface area (Å²) in [6, 6.07) is -0.0459. The summed E-state index contributed by atoms with van der Waals surface area (Å²) in [6.07, 6.45) is 8.11. The van der Waals surface area contributed by atoms with E-state index >= 15 is 0 Å². The van der Waals surface area contributed by atoms with Crippen molar-refractivity contribution in [3.63, 3.8) is 0 Å². The zero-order valence-corrected chi connectivity index (χ0v) is 11.8. The highest BCUT2D eigenvalue weighted by Crippen LogP contribution is 2.38. The molecular formula is C15H25NO3. The predicted octanol–water partition coefficient (Wildman–Crippen LogP) is 1.88. The lowest BCUT2D eigenvalue weighted by Gasteiger charge is -2.29. The highest BCUT2D eigenvalue weighted by molar-refractivity contribution is 5.77. The van der Waals surface area contributed by atoms with Crippen LogP contribution < -0.4 is 5.32 Å². The number of esters is 1. The van der Waals surface area contributed by atoms with Crippen molar-refractivity contribution in [2.24, 2.45) is 11.8 Å². The summed E-state index contributed by atoms with van der Waals surface area (Å²) in [7, 11) is 1.75. The minimum Gasteiger partial charge on any atom is -0.461 e. The van der Waals surface area contributed by atoms with Crippen molar-refractivity contribution >= 4 is 5.97 Å². The smallest absolute Gasteiger partial charge is 0.323 e. The molecule has 5 unspecified atom stereocenters. The first-order chi connectivity index (χ1) is 9.28. The second-order valence-corrected chi connectivity index (χ2v) is 6.32. The highest BCUT2D eigenvalue weighted by Gasteiger charge is 2.43. The third kappa shape index (κ3) is 2.79. The average molecular weight is 267 g/mol. The Morgan fingerprint density at radius 2 is 1.89 bits per heavy atom. The molecule has 2 aliphatic carbocycles. The lowest BCUT2D eigenvalue weighted by atomic mass is 9.93. The molecule has 1 saturated heterocycles. The van der Waals surface area contributed by atoms with Gasteiger partial charge in [0.1, 0.15) is 12.1 Å². The molecule has 1 aliphatic heterocycles. The van der Waals surface area contributed by atoms with Gasteiger partial charge in [-0.05, 0) is 50.5 Å². The second-order valence-electron chi connectivity index (χ2n) is 6.32. The molecular weight excluding hydrogens is 242 g/mol. The fraction of sp³-hybridized carbons (Fsp3) is 0.933.